The summed E-state index contributed by atoms with van der Waals surface area (Å²) in [6.45, 7) is 9.04. The SMILES string of the molecule is CO[C@@H]1O[C@@H](OC)[C@@H]2C[C@@H]([C@H](C)CCC=C(C)C)C/C(C)=C/CC=C12. The Balaban J connectivity index is 2.17. The molecule has 0 aromatic rings. The maximum atomic E-state index is 5.98. The smallest absolute Gasteiger partial charge is 0.182 e. The maximum Gasteiger partial charge on any atom is 0.182 e. The average molecular weight is 349 g/mol. The molecular weight excluding hydrogens is 312 g/mol. The highest BCUT2D eigenvalue weighted by atomic mass is 16.8. The number of allylic oxidation sites excluding steroid dienone is 5. The van der Waals surface area contributed by atoms with Gasteiger partial charge in [0.05, 0.1) is 0 Å². The second kappa shape index (κ2) is 9.70. The Morgan fingerprint density at radius 2 is 2.04 bits per heavy atom. The predicted octanol–water partition coefficient (Wildman–Crippen LogP) is 5.63. The summed E-state index contributed by atoms with van der Waals surface area (Å²) < 4.78 is 17.2. The van der Waals surface area contributed by atoms with Crippen molar-refractivity contribution >= 4 is 0 Å². The highest BCUT2D eigenvalue weighted by molar-refractivity contribution is 5.19. The molecule has 0 aromatic heterocycles. The average Bonchev–Trinajstić information content (AvgIpc) is 2.93. The largest absolute Gasteiger partial charge is 0.355 e. The van der Waals surface area contributed by atoms with Crippen LogP contribution in [-0.4, -0.2) is 26.8 Å². The van der Waals surface area contributed by atoms with E-state index in [-0.39, 0.29) is 12.6 Å². The van der Waals surface area contributed by atoms with Gasteiger partial charge in [0.25, 0.3) is 0 Å². The molecule has 1 fully saturated rings. The van der Waals surface area contributed by atoms with Crippen LogP contribution < -0.4 is 0 Å². The maximum absolute atomic E-state index is 5.98. The van der Waals surface area contributed by atoms with Crippen LogP contribution >= 0.6 is 0 Å². The Bertz CT molecular complexity index is 513. The molecule has 1 aliphatic carbocycles. The molecule has 1 aliphatic heterocycles. The van der Waals surface area contributed by atoms with E-state index < -0.39 is 0 Å². The van der Waals surface area contributed by atoms with Crippen LogP contribution in [0.1, 0.15) is 59.8 Å². The molecule has 1 saturated heterocycles. The minimum Gasteiger partial charge on any atom is -0.355 e. The van der Waals surface area contributed by atoms with Crippen molar-refractivity contribution in [1.29, 1.82) is 0 Å². The van der Waals surface area contributed by atoms with Gasteiger partial charge in [-0.05, 0) is 70.3 Å². The van der Waals surface area contributed by atoms with E-state index in [1.54, 1.807) is 14.2 Å². The first-order valence-electron chi connectivity index (χ1n) is 9.66. The number of hydrogen-bond acceptors (Lipinski definition) is 3. The summed E-state index contributed by atoms with van der Waals surface area (Å²) in [6.07, 6.45) is 12.2. The highest BCUT2D eigenvalue weighted by Gasteiger charge is 2.41. The molecule has 0 aromatic carbocycles. The van der Waals surface area contributed by atoms with Crippen molar-refractivity contribution < 1.29 is 14.2 Å². The summed E-state index contributed by atoms with van der Waals surface area (Å²) in [5.74, 6) is 1.62. The first-order valence-corrected chi connectivity index (χ1v) is 9.66. The van der Waals surface area contributed by atoms with Crippen LogP contribution in [0.4, 0.5) is 0 Å². The molecule has 142 valence electrons. The summed E-state index contributed by atoms with van der Waals surface area (Å²) in [6, 6.07) is 0. The van der Waals surface area contributed by atoms with Crippen molar-refractivity contribution in [3.05, 3.63) is 34.9 Å². The molecule has 25 heavy (non-hydrogen) atoms. The number of rotatable bonds is 6. The van der Waals surface area contributed by atoms with Crippen LogP contribution in [0, 0.1) is 17.8 Å². The zero-order valence-electron chi connectivity index (χ0n) is 16.9. The molecule has 0 amide bonds. The van der Waals surface area contributed by atoms with Crippen molar-refractivity contribution in [2.75, 3.05) is 14.2 Å². The number of methoxy groups -OCH3 is 2. The van der Waals surface area contributed by atoms with Gasteiger partial charge in [-0.1, -0.05) is 36.3 Å². The minimum absolute atomic E-state index is 0.193. The summed E-state index contributed by atoms with van der Waals surface area (Å²) >= 11 is 0. The number of ether oxygens (including phenoxy) is 3. The lowest BCUT2D eigenvalue weighted by molar-refractivity contribution is -0.190. The Morgan fingerprint density at radius 3 is 2.68 bits per heavy atom. The van der Waals surface area contributed by atoms with Crippen LogP contribution in [0.2, 0.25) is 0 Å². The van der Waals surface area contributed by atoms with E-state index in [4.69, 9.17) is 14.2 Å². The van der Waals surface area contributed by atoms with Crippen LogP contribution in [0.15, 0.2) is 34.9 Å². The second-order valence-electron chi connectivity index (χ2n) is 7.94. The molecule has 0 N–H and O–H groups in total. The number of fused-ring (bicyclic) bond motifs is 1. The van der Waals surface area contributed by atoms with Crippen LogP contribution in [0.5, 0.6) is 0 Å². The zero-order chi connectivity index (χ0) is 18.4. The third-order valence-corrected chi connectivity index (χ3v) is 5.67. The standard InChI is InChI=1S/C22H36O3/c1-15(2)9-7-11-17(4)18-13-16(3)10-8-12-19-20(14-18)22(24-6)25-21(19)23-5/h9-10,12,17-18,20-22H,7-8,11,13-14H2,1-6H3/b16-10+,19-12?/t17-,18+,20-,21-,22-/m1/s1. The van der Waals surface area contributed by atoms with Crippen LogP contribution in [0.3, 0.4) is 0 Å². The molecule has 3 heteroatoms. The van der Waals surface area contributed by atoms with Crippen LogP contribution in [0.25, 0.3) is 0 Å². The highest BCUT2D eigenvalue weighted by Crippen LogP contribution is 2.42. The van der Waals surface area contributed by atoms with Gasteiger partial charge in [0, 0.05) is 20.1 Å². The lowest BCUT2D eigenvalue weighted by atomic mass is 9.78. The normalized spacial score (nSPS) is 33.2. The van der Waals surface area contributed by atoms with Gasteiger partial charge in [-0.25, -0.2) is 0 Å². The first kappa shape index (κ1) is 20.4. The van der Waals surface area contributed by atoms with Gasteiger partial charge in [-0.2, -0.15) is 0 Å². The van der Waals surface area contributed by atoms with Crippen LogP contribution in [-0.2, 0) is 14.2 Å². The number of hydrogen-bond donors (Lipinski definition) is 0. The molecule has 5 atom stereocenters. The zero-order valence-corrected chi connectivity index (χ0v) is 16.9. The molecule has 1 heterocycles. The first-order chi connectivity index (χ1) is 12.0. The fourth-order valence-corrected chi connectivity index (χ4v) is 4.14. The van der Waals surface area contributed by atoms with Gasteiger partial charge >= 0.3 is 0 Å². The summed E-state index contributed by atoms with van der Waals surface area (Å²) in [5.41, 5.74) is 4.18. The Hall–Kier alpha value is -0.900. The molecule has 0 bridgehead atoms. The summed E-state index contributed by atoms with van der Waals surface area (Å²) in [7, 11) is 3.46. The molecular formula is C22H36O3. The fourth-order valence-electron chi connectivity index (χ4n) is 4.14. The van der Waals surface area contributed by atoms with Crippen molar-refractivity contribution in [3.8, 4) is 0 Å². The summed E-state index contributed by atoms with van der Waals surface area (Å²) in [5, 5.41) is 0. The van der Waals surface area contributed by atoms with E-state index in [0.29, 0.717) is 17.8 Å². The van der Waals surface area contributed by atoms with Gasteiger partial charge in [-0.15, -0.1) is 0 Å². The molecule has 0 unspecified atom stereocenters. The van der Waals surface area contributed by atoms with Crippen molar-refractivity contribution in [1.82, 2.24) is 0 Å². The molecule has 0 radical (unpaired) electrons. The molecule has 0 saturated carbocycles. The monoisotopic (exact) mass is 348 g/mol. The third-order valence-electron chi connectivity index (χ3n) is 5.67. The van der Waals surface area contributed by atoms with E-state index >= 15 is 0 Å². The van der Waals surface area contributed by atoms with E-state index in [0.717, 1.165) is 12.8 Å². The van der Waals surface area contributed by atoms with Crippen molar-refractivity contribution in [3.63, 3.8) is 0 Å². The molecule has 2 aliphatic rings. The van der Waals surface area contributed by atoms with Gasteiger partial charge in [-0.3, -0.25) is 0 Å². The Labute approximate surface area is 154 Å². The van der Waals surface area contributed by atoms with E-state index in [9.17, 15) is 0 Å². The predicted molar refractivity (Wildman–Crippen MR) is 103 cm³/mol. The van der Waals surface area contributed by atoms with Crippen molar-refractivity contribution in [2.24, 2.45) is 17.8 Å². The summed E-state index contributed by atoms with van der Waals surface area (Å²) in [4.78, 5) is 0. The van der Waals surface area contributed by atoms with Gasteiger partial charge in [0.2, 0.25) is 0 Å². The molecule has 0 spiro atoms. The minimum atomic E-state index is -0.261. The fraction of sp³-hybridized carbons (Fsp3) is 0.727. The third kappa shape index (κ3) is 5.54. The van der Waals surface area contributed by atoms with E-state index in [2.05, 4.69) is 45.9 Å². The van der Waals surface area contributed by atoms with Gasteiger partial charge < -0.3 is 14.2 Å². The second-order valence-corrected chi connectivity index (χ2v) is 7.94. The van der Waals surface area contributed by atoms with Crippen molar-refractivity contribution in [2.45, 2.75) is 72.4 Å². The lowest BCUT2D eigenvalue weighted by Gasteiger charge is -2.28. The molecule has 2 rings (SSSR count). The van der Waals surface area contributed by atoms with Gasteiger partial charge in [0.1, 0.15) is 0 Å². The topological polar surface area (TPSA) is 27.7 Å². The van der Waals surface area contributed by atoms with Gasteiger partial charge in [0.15, 0.2) is 12.6 Å². The Morgan fingerprint density at radius 1 is 1.28 bits per heavy atom. The molecule has 3 nitrogen and oxygen atoms in total. The van der Waals surface area contributed by atoms with E-state index in [1.165, 1.54) is 36.0 Å². The quantitative estimate of drug-likeness (QED) is 0.582. The Kier molecular flexibility index (Phi) is 7.92. The lowest BCUT2D eigenvalue weighted by Crippen LogP contribution is -2.24. The van der Waals surface area contributed by atoms with E-state index in [1.807, 2.05) is 0 Å².